The van der Waals surface area contributed by atoms with Crippen molar-refractivity contribution in [2.75, 3.05) is 17.6 Å². The van der Waals surface area contributed by atoms with E-state index in [0.29, 0.717) is 0 Å². The topological polar surface area (TPSA) is 18.5 Å². The van der Waals surface area contributed by atoms with Crippen molar-refractivity contribution in [3.63, 3.8) is 0 Å². The van der Waals surface area contributed by atoms with Gasteiger partial charge in [0.25, 0.3) is 0 Å². The highest BCUT2D eigenvalue weighted by Gasteiger charge is 2.27. The van der Waals surface area contributed by atoms with Gasteiger partial charge in [-0.15, -0.1) is 0 Å². The van der Waals surface area contributed by atoms with Crippen molar-refractivity contribution in [1.82, 2.24) is 0 Å². The molecule has 0 radical (unpaired) electrons. The van der Waals surface area contributed by atoms with Gasteiger partial charge in [0.2, 0.25) is 0 Å². The van der Waals surface area contributed by atoms with Crippen LogP contribution >= 0.6 is 22.6 Å². The Hall–Kier alpha value is 0.650. The lowest BCUT2D eigenvalue weighted by atomic mass is 9.95. The maximum atomic E-state index is 5.57. The Kier molecular flexibility index (Phi) is 4.26. The third kappa shape index (κ3) is 3.58. The summed E-state index contributed by atoms with van der Waals surface area (Å²) in [6.07, 6.45) is 2.29. The van der Waals surface area contributed by atoms with Crippen LogP contribution in [-0.2, 0) is 9.47 Å². The summed E-state index contributed by atoms with van der Waals surface area (Å²) >= 11 is 2.38. The summed E-state index contributed by atoms with van der Waals surface area (Å²) < 4.78 is 12.3. The van der Waals surface area contributed by atoms with Gasteiger partial charge in [0.1, 0.15) is 0 Å². The first-order valence-corrected chi connectivity index (χ1v) is 5.96. The van der Waals surface area contributed by atoms with Gasteiger partial charge in [0.05, 0.1) is 13.2 Å². The van der Waals surface area contributed by atoms with Gasteiger partial charge in [0.15, 0.2) is 6.29 Å². The molecular weight excluding hydrogens is 267 g/mol. The lowest BCUT2D eigenvalue weighted by molar-refractivity contribution is -0.223. The number of alkyl halides is 1. The molecule has 1 saturated heterocycles. The Morgan fingerprint density at radius 2 is 1.92 bits per heavy atom. The summed E-state index contributed by atoms with van der Waals surface area (Å²) in [4.78, 5) is 0. The van der Waals surface area contributed by atoms with Gasteiger partial charge in [-0.05, 0) is 17.3 Å². The number of ether oxygens (including phenoxy) is 2. The van der Waals surface area contributed by atoms with Gasteiger partial charge in [-0.1, -0.05) is 36.4 Å². The normalized spacial score (nSPS) is 24.2. The molecule has 0 atom stereocenters. The molecule has 2 nitrogen and oxygen atoms in total. The SMILES string of the molecule is CC1(C)COC(CCCI)OC1. The quantitative estimate of drug-likeness (QED) is 0.586. The Morgan fingerprint density at radius 1 is 1.33 bits per heavy atom. The van der Waals surface area contributed by atoms with Crippen molar-refractivity contribution in [2.45, 2.75) is 33.0 Å². The molecule has 0 spiro atoms. The predicted molar refractivity (Wildman–Crippen MR) is 57.6 cm³/mol. The highest BCUT2D eigenvalue weighted by Crippen LogP contribution is 2.24. The number of rotatable bonds is 3. The average Bonchev–Trinajstić information content (AvgIpc) is 2.03. The average molecular weight is 284 g/mol. The van der Waals surface area contributed by atoms with Crippen molar-refractivity contribution in [3.8, 4) is 0 Å². The van der Waals surface area contributed by atoms with Crippen LogP contribution in [-0.4, -0.2) is 23.9 Å². The molecule has 1 rings (SSSR count). The van der Waals surface area contributed by atoms with Crippen molar-refractivity contribution in [3.05, 3.63) is 0 Å². The lowest BCUT2D eigenvalue weighted by Crippen LogP contribution is -2.37. The Labute approximate surface area is 88.1 Å². The number of hydrogen-bond acceptors (Lipinski definition) is 2. The van der Waals surface area contributed by atoms with Crippen LogP contribution in [0.1, 0.15) is 26.7 Å². The molecule has 3 heteroatoms. The highest BCUT2D eigenvalue weighted by molar-refractivity contribution is 14.1. The van der Waals surface area contributed by atoms with Gasteiger partial charge < -0.3 is 9.47 Å². The molecule has 1 fully saturated rings. The number of halogens is 1. The zero-order valence-electron chi connectivity index (χ0n) is 7.81. The summed E-state index contributed by atoms with van der Waals surface area (Å²) in [5.74, 6) is 0. The van der Waals surface area contributed by atoms with E-state index in [0.717, 1.165) is 19.6 Å². The van der Waals surface area contributed by atoms with E-state index in [2.05, 4.69) is 36.4 Å². The van der Waals surface area contributed by atoms with Crippen molar-refractivity contribution in [2.24, 2.45) is 5.41 Å². The maximum absolute atomic E-state index is 5.57. The molecule has 0 saturated carbocycles. The van der Waals surface area contributed by atoms with Crippen LogP contribution in [0.15, 0.2) is 0 Å². The summed E-state index contributed by atoms with van der Waals surface area (Å²) in [7, 11) is 0. The Morgan fingerprint density at radius 3 is 2.42 bits per heavy atom. The van der Waals surface area contributed by atoms with Crippen LogP contribution in [0.2, 0.25) is 0 Å². The van der Waals surface area contributed by atoms with Crippen LogP contribution in [0.5, 0.6) is 0 Å². The van der Waals surface area contributed by atoms with Crippen LogP contribution in [0.3, 0.4) is 0 Å². The first-order valence-electron chi connectivity index (χ1n) is 4.43. The van der Waals surface area contributed by atoms with E-state index in [-0.39, 0.29) is 11.7 Å². The Balaban J connectivity index is 2.18. The second kappa shape index (κ2) is 4.77. The zero-order chi connectivity index (χ0) is 9.03. The van der Waals surface area contributed by atoms with Crippen LogP contribution in [0.4, 0.5) is 0 Å². The van der Waals surface area contributed by atoms with E-state index in [1.807, 2.05) is 0 Å². The standard InChI is InChI=1S/C9H17IO2/c1-9(2)6-11-8(12-7-9)4-3-5-10/h8H,3-7H2,1-2H3. The fourth-order valence-electron chi connectivity index (χ4n) is 1.14. The van der Waals surface area contributed by atoms with E-state index in [1.165, 1.54) is 10.8 Å². The van der Waals surface area contributed by atoms with Gasteiger partial charge in [-0.25, -0.2) is 0 Å². The van der Waals surface area contributed by atoms with Gasteiger partial charge in [-0.2, -0.15) is 0 Å². The lowest BCUT2D eigenvalue weighted by Gasteiger charge is -2.34. The fraction of sp³-hybridized carbons (Fsp3) is 1.00. The minimum atomic E-state index is 0.0628. The van der Waals surface area contributed by atoms with E-state index in [4.69, 9.17) is 9.47 Å². The molecule has 0 aliphatic carbocycles. The first kappa shape index (κ1) is 10.7. The van der Waals surface area contributed by atoms with Crippen molar-refractivity contribution in [1.29, 1.82) is 0 Å². The molecule has 0 aromatic rings. The van der Waals surface area contributed by atoms with Crippen molar-refractivity contribution >= 4 is 22.6 Å². The van der Waals surface area contributed by atoms with E-state index in [9.17, 15) is 0 Å². The summed E-state index contributed by atoms with van der Waals surface area (Å²) in [5.41, 5.74) is 0.209. The largest absolute Gasteiger partial charge is 0.352 e. The van der Waals surface area contributed by atoms with E-state index < -0.39 is 0 Å². The molecule has 0 unspecified atom stereocenters. The predicted octanol–water partition coefficient (Wildman–Crippen LogP) is 2.60. The molecule has 1 aliphatic heterocycles. The van der Waals surface area contributed by atoms with Crippen LogP contribution in [0, 0.1) is 5.41 Å². The van der Waals surface area contributed by atoms with Crippen LogP contribution in [0.25, 0.3) is 0 Å². The molecule has 1 heterocycles. The fourth-order valence-corrected chi connectivity index (χ4v) is 1.58. The van der Waals surface area contributed by atoms with Gasteiger partial charge in [0, 0.05) is 5.41 Å². The minimum Gasteiger partial charge on any atom is -0.352 e. The smallest absolute Gasteiger partial charge is 0.157 e. The van der Waals surface area contributed by atoms with Crippen LogP contribution < -0.4 is 0 Å². The zero-order valence-corrected chi connectivity index (χ0v) is 9.96. The maximum Gasteiger partial charge on any atom is 0.157 e. The number of hydrogen-bond donors (Lipinski definition) is 0. The molecular formula is C9H17IO2. The van der Waals surface area contributed by atoms with E-state index in [1.54, 1.807) is 0 Å². The summed E-state index contributed by atoms with van der Waals surface area (Å²) in [6.45, 7) is 6.00. The molecule has 0 N–H and O–H groups in total. The first-order chi connectivity index (χ1) is 5.64. The highest BCUT2D eigenvalue weighted by atomic mass is 127. The monoisotopic (exact) mass is 284 g/mol. The molecule has 0 aromatic carbocycles. The van der Waals surface area contributed by atoms with E-state index >= 15 is 0 Å². The van der Waals surface area contributed by atoms with Crippen molar-refractivity contribution < 1.29 is 9.47 Å². The second-order valence-electron chi connectivity index (χ2n) is 4.05. The molecule has 72 valence electrons. The molecule has 1 aliphatic rings. The molecule has 0 aromatic heterocycles. The van der Waals surface area contributed by atoms with Gasteiger partial charge in [-0.3, -0.25) is 0 Å². The van der Waals surface area contributed by atoms with Gasteiger partial charge >= 0.3 is 0 Å². The minimum absolute atomic E-state index is 0.0628. The molecule has 0 bridgehead atoms. The second-order valence-corrected chi connectivity index (χ2v) is 5.13. The molecule has 12 heavy (non-hydrogen) atoms. The third-order valence-electron chi connectivity index (χ3n) is 1.89. The summed E-state index contributed by atoms with van der Waals surface area (Å²) in [5, 5.41) is 0. The third-order valence-corrected chi connectivity index (χ3v) is 2.66. The summed E-state index contributed by atoms with van der Waals surface area (Å²) in [6, 6.07) is 0. The molecule has 0 amide bonds. The Bertz CT molecular complexity index is 126.